The van der Waals surface area contributed by atoms with Gasteiger partial charge in [-0.2, -0.15) is 0 Å². The molecule has 1 aromatic carbocycles. The monoisotopic (exact) mass is 215 g/mol. The average molecular weight is 215 g/mol. The first-order valence-electron chi connectivity index (χ1n) is 4.05. The molecule has 70 valence electrons. The maximum absolute atomic E-state index is 12.9. The van der Waals surface area contributed by atoms with Crippen molar-refractivity contribution >= 4 is 33.8 Å². The van der Waals surface area contributed by atoms with Crippen LogP contribution in [0.1, 0.15) is 13.8 Å². The molecule has 0 saturated heterocycles. The van der Waals surface area contributed by atoms with E-state index in [1.807, 2.05) is 19.9 Å². The highest BCUT2D eigenvalue weighted by atomic mass is 32.1. The summed E-state index contributed by atoms with van der Waals surface area (Å²) in [6, 6.07) is 4.90. The molecule has 0 aliphatic heterocycles. The molecule has 2 rings (SSSR count). The van der Waals surface area contributed by atoms with Crippen molar-refractivity contribution in [1.29, 1.82) is 0 Å². The number of hydrogen-bond acceptors (Lipinski definition) is 2. The number of H-pyrrole nitrogens is 1. The Morgan fingerprint density at radius 2 is 2.08 bits per heavy atom. The fraction of sp³-hybridized carbons (Fsp3) is 0.222. The van der Waals surface area contributed by atoms with Gasteiger partial charge in [0.2, 0.25) is 0 Å². The van der Waals surface area contributed by atoms with Crippen molar-refractivity contribution < 1.29 is 4.39 Å². The molecule has 13 heavy (non-hydrogen) atoms. The lowest BCUT2D eigenvalue weighted by Crippen LogP contribution is -1.71. The van der Waals surface area contributed by atoms with E-state index in [1.165, 1.54) is 17.4 Å². The summed E-state index contributed by atoms with van der Waals surface area (Å²) in [5.74, 6) is -0.208. The van der Waals surface area contributed by atoms with Gasteiger partial charge in [-0.3, -0.25) is 0 Å². The molecule has 0 saturated carbocycles. The summed E-state index contributed by atoms with van der Waals surface area (Å²) in [7, 11) is 0. The second kappa shape index (κ2) is 4.48. The van der Waals surface area contributed by atoms with Gasteiger partial charge in [0, 0.05) is 0 Å². The number of rotatable bonds is 0. The van der Waals surface area contributed by atoms with Crippen LogP contribution in [0.4, 0.5) is 4.39 Å². The number of aromatic nitrogens is 1. The molecule has 2 aromatic rings. The molecular weight excluding hydrogens is 205 g/mol. The topological polar surface area (TPSA) is 15.8 Å². The molecule has 1 aromatic heterocycles. The summed E-state index contributed by atoms with van der Waals surface area (Å²) < 4.78 is 14.2. The van der Waals surface area contributed by atoms with Gasteiger partial charge in [0.05, 0.1) is 10.2 Å². The van der Waals surface area contributed by atoms with E-state index >= 15 is 0 Å². The van der Waals surface area contributed by atoms with E-state index in [0.717, 1.165) is 5.52 Å². The Bertz CT molecular complexity index is 444. The smallest absolute Gasteiger partial charge is 0.159 e. The number of aromatic amines is 1. The molecule has 1 N–H and O–H groups in total. The second-order valence-corrected chi connectivity index (χ2v) is 3.82. The summed E-state index contributed by atoms with van der Waals surface area (Å²) in [4.78, 5) is 2.89. The summed E-state index contributed by atoms with van der Waals surface area (Å²) >= 11 is 6.13. The van der Waals surface area contributed by atoms with Gasteiger partial charge in [-0.15, -0.1) is 11.3 Å². The Balaban J connectivity index is 0.000000396. The van der Waals surface area contributed by atoms with E-state index in [1.54, 1.807) is 6.07 Å². The molecule has 1 heterocycles. The summed E-state index contributed by atoms with van der Waals surface area (Å²) in [5, 5.41) is 0. The Hall–Kier alpha value is -0.740. The van der Waals surface area contributed by atoms with Crippen molar-refractivity contribution in [2.75, 3.05) is 0 Å². The van der Waals surface area contributed by atoms with Crippen LogP contribution in [0.3, 0.4) is 0 Å². The third-order valence-corrected chi connectivity index (χ3v) is 2.66. The van der Waals surface area contributed by atoms with Crippen molar-refractivity contribution in [3.8, 4) is 0 Å². The predicted molar refractivity (Wildman–Crippen MR) is 58.3 cm³/mol. The lowest BCUT2D eigenvalue weighted by atomic mass is 10.3. The van der Waals surface area contributed by atoms with Crippen LogP contribution in [-0.4, -0.2) is 4.98 Å². The molecule has 4 heteroatoms. The Kier molecular flexibility index (Phi) is 3.57. The molecule has 0 unspecified atom stereocenters. The van der Waals surface area contributed by atoms with Crippen LogP contribution >= 0.6 is 23.6 Å². The zero-order valence-electron chi connectivity index (χ0n) is 7.43. The largest absolute Gasteiger partial charge is 0.337 e. The standard InChI is InChI=1S/C7H4FNS2.C2H6/c8-4-2-1-3-5-6(4)11-7(10)9-5;1-2/h1-3H,(H,9,10);1-2H3. The first-order chi connectivity index (χ1) is 6.27. The molecule has 0 aliphatic carbocycles. The highest BCUT2D eigenvalue weighted by Gasteiger charge is 2.00. The van der Waals surface area contributed by atoms with Gasteiger partial charge in [-0.25, -0.2) is 4.39 Å². The van der Waals surface area contributed by atoms with E-state index in [4.69, 9.17) is 12.2 Å². The van der Waals surface area contributed by atoms with E-state index in [-0.39, 0.29) is 5.82 Å². The fourth-order valence-electron chi connectivity index (χ4n) is 0.939. The molecule has 0 spiro atoms. The van der Waals surface area contributed by atoms with Gasteiger partial charge < -0.3 is 4.98 Å². The second-order valence-electron chi connectivity index (χ2n) is 2.13. The first-order valence-corrected chi connectivity index (χ1v) is 5.27. The molecular formula is C9H10FNS2. The molecule has 0 aliphatic rings. The van der Waals surface area contributed by atoms with E-state index in [9.17, 15) is 4.39 Å². The van der Waals surface area contributed by atoms with E-state index < -0.39 is 0 Å². The van der Waals surface area contributed by atoms with Gasteiger partial charge in [0.25, 0.3) is 0 Å². The van der Waals surface area contributed by atoms with Gasteiger partial charge in [-0.1, -0.05) is 19.9 Å². The lowest BCUT2D eigenvalue weighted by molar-refractivity contribution is 0.641. The highest BCUT2D eigenvalue weighted by Crippen LogP contribution is 2.21. The third kappa shape index (κ3) is 2.14. The number of thiazole rings is 1. The van der Waals surface area contributed by atoms with Gasteiger partial charge in [0.1, 0.15) is 5.82 Å². The number of benzene rings is 1. The summed E-state index contributed by atoms with van der Waals surface area (Å²) in [5.41, 5.74) is 0.778. The van der Waals surface area contributed by atoms with Crippen molar-refractivity contribution in [2.24, 2.45) is 0 Å². The third-order valence-electron chi connectivity index (χ3n) is 1.40. The van der Waals surface area contributed by atoms with Crippen molar-refractivity contribution in [1.82, 2.24) is 4.98 Å². The first kappa shape index (κ1) is 10.3. The minimum absolute atomic E-state index is 0.208. The van der Waals surface area contributed by atoms with Gasteiger partial charge in [0.15, 0.2) is 3.95 Å². The van der Waals surface area contributed by atoms with Crippen molar-refractivity contribution in [2.45, 2.75) is 13.8 Å². The van der Waals surface area contributed by atoms with Crippen LogP contribution in [0.5, 0.6) is 0 Å². The number of hydrogen-bond donors (Lipinski definition) is 1. The number of halogens is 1. The molecule has 0 radical (unpaired) electrons. The minimum atomic E-state index is -0.208. The van der Waals surface area contributed by atoms with Crippen molar-refractivity contribution in [3.05, 3.63) is 28.0 Å². The lowest BCUT2D eigenvalue weighted by Gasteiger charge is -1.87. The highest BCUT2D eigenvalue weighted by molar-refractivity contribution is 7.73. The number of fused-ring (bicyclic) bond motifs is 1. The molecule has 0 bridgehead atoms. The fourth-order valence-corrected chi connectivity index (χ4v) is 2.04. The zero-order chi connectivity index (χ0) is 9.84. The van der Waals surface area contributed by atoms with Gasteiger partial charge in [-0.05, 0) is 24.4 Å². The predicted octanol–water partition coefficient (Wildman–Crippen LogP) is 4.12. The molecule has 0 amide bonds. The van der Waals surface area contributed by atoms with E-state index in [0.29, 0.717) is 8.65 Å². The maximum Gasteiger partial charge on any atom is 0.159 e. The summed E-state index contributed by atoms with van der Waals surface area (Å²) in [6.07, 6.45) is 0. The quantitative estimate of drug-likeness (QED) is 0.653. The van der Waals surface area contributed by atoms with Crippen LogP contribution in [-0.2, 0) is 0 Å². The van der Waals surface area contributed by atoms with Crippen molar-refractivity contribution in [3.63, 3.8) is 0 Å². The SMILES string of the molecule is CC.Fc1cccc2[nH]c(=S)sc12. The zero-order valence-corrected chi connectivity index (χ0v) is 9.06. The maximum atomic E-state index is 12.9. The van der Waals surface area contributed by atoms with Crippen LogP contribution < -0.4 is 0 Å². The Morgan fingerprint density at radius 1 is 1.38 bits per heavy atom. The average Bonchev–Trinajstić information content (AvgIpc) is 2.51. The normalized spacial score (nSPS) is 9.46. The van der Waals surface area contributed by atoms with Crippen LogP contribution in [0.15, 0.2) is 18.2 Å². The summed E-state index contributed by atoms with van der Waals surface area (Å²) in [6.45, 7) is 4.00. The number of nitrogens with one attached hydrogen (secondary N) is 1. The van der Waals surface area contributed by atoms with Crippen LogP contribution in [0, 0.1) is 9.77 Å². The Morgan fingerprint density at radius 3 is 2.69 bits per heavy atom. The van der Waals surface area contributed by atoms with E-state index in [2.05, 4.69) is 4.98 Å². The minimum Gasteiger partial charge on any atom is -0.337 e. The van der Waals surface area contributed by atoms with Crippen LogP contribution in [0.25, 0.3) is 10.2 Å². The Labute approximate surface area is 85.2 Å². The molecule has 1 nitrogen and oxygen atoms in total. The molecule has 0 fully saturated rings. The van der Waals surface area contributed by atoms with Gasteiger partial charge >= 0.3 is 0 Å². The molecule has 0 atom stereocenters. The van der Waals surface area contributed by atoms with Crippen LogP contribution in [0.2, 0.25) is 0 Å².